The van der Waals surface area contributed by atoms with Crippen molar-refractivity contribution >= 4 is 6.03 Å². The zero-order chi connectivity index (χ0) is 18.7. The Labute approximate surface area is 148 Å². The van der Waals surface area contributed by atoms with E-state index >= 15 is 0 Å². The highest BCUT2D eigenvalue weighted by Gasteiger charge is 2.30. The summed E-state index contributed by atoms with van der Waals surface area (Å²) < 4.78 is 48.6. The van der Waals surface area contributed by atoms with Gasteiger partial charge >= 0.3 is 12.2 Å². The monoisotopic (exact) mass is 366 g/mol. The molecule has 1 heterocycles. The largest absolute Gasteiger partial charge is 0.454 e. The summed E-state index contributed by atoms with van der Waals surface area (Å²) in [5.41, 5.74) is 0.445. The van der Waals surface area contributed by atoms with Crippen molar-refractivity contribution in [2.75, 3.05) is 6.79 Å². The molecule has 0 saturated carbocycles. The van der Waals surface area contributed by atoms with Crippen LogP contribution in [0.2, 0.25) is 0 Å². The Morgan fingerprint density at radius 3 is 2.69 bits per heavy atom. The number of rotatable bonds is 4. The van der Waals surface area contributed by atoms with Gasteiger partial charge in [0.2, 0.25) is 6.79 Å². The molecule has 2 aromatic rings. The van der Waals surface area contributed by atoms with E-state index in [0.29, 0.717) is 17.1 Å². The topological polar surface area (TPSA) is 59.6 Å². The molecular weight excluding hydrogens is 349 g/mol. The van der Waals surface area contributed by atoms with E-state index in [1.807, 2.05) is 6.07 Å². The molecule has 3 rings (SSSR count). The highest BCUT2D eigenvalue weighted by molar-refractivity contribution is 5.74. The first kappa shape index (κ1) is 17.9. The second-order valence-electron chi connectivity index (χ2n) is 5.86. The van der Waals surface area contributed by atoms with Crippen molar-refractivity contribution in [3.05, 3.63) is 59.2 Å². The lowest BCUT2D eigenvalue weighted by molar-refractivity contribution is -0.137. The highest BCUT2D eigenvalue weighted by Crippen LogP contribution is 2.34. The average Bonchev–Trinajstić information content (AvgIpc) is 3.07. The Bertz CT molecular complexity index is 809. The number of nitrogens with one attached hydrogen (secondary N) is 2. The number of urea groups is 1. The zero-order valence-corrected chi connectivity index (χ0v) is 13.9. The molecule has 26 heavy (non-hydrogen) atoms. The molecule has 2 aromatic carbocycles. The van der Waals surface area contributed by atoms with Crippen molar-refractivity contribution in [1.29, 1.82) is 0 Å². The molecule has 1 aliphatic rings. The molecule has 8 heteroatoms. The Hall–Kier alpha value is -2.90. The molecule has 1 unspecified atom stereocenters. The summed E-state index contributed by atoms with van der Waals surface area (Å²) in [4.78, 5) is 12.0. The summed E-state index contributed by atoms with van der Waals surface area (Å²) in [6.45, 7) is 1.95. The van der Waals surface area contributed by atoms with Gasteiger partial charge < -0.3 is 20.1 Å². The zero-order valence-electron chi connectivity index (χ0n) is 13.9. The van der Waals surface area contributed by atoms with Gasteiger partial charge in [0, 0.05) is 6.54 Å². The first-order valence-electron chi connectivity index (χ1n) is 7.93. The predicted octanol–water partition coefficient (Wildman–Crippen LogP) is 3.99. The minimum atomic E-state index is -4.41. The van der Waals surface area contributed by atoms with Gasteiger partial charge in [0.05, 0.1) is 11.6 Å². The third kappa shape index (κ3) is 4.19. The van der Waals surface area contributed by atoms with E-state index in [1.165, 1.54) is 12.1 Å². The number of fused-ring (bicyclic) bond motifs is 1. The van der Waals surface area contributed by atoms with E-state index in [9.17, 15) is 18.0 Å². The van der Waals surface area contributed by atoms with Crippen molar-refractivity contribution in [3.8, 4) is 11.5 Å². The smallest absolute Gasteiger partial charge is 0.416 e. The molecular formula is C18H17F3N2O3. The average molecular weight is 366 g/mol. The molecule has 0 radical (unpaired) electrons. The van der Waals surface area contributed by atoms with Crippen LogP contribution >= 0.6 is 0 Å². The summed E-state index contributed by atoms with van der Waals surface area (Å²) in [5, 5.41) is 5.29. The van der Waals surface area contributed by atoms with E-state index in [4.69, 9.17) is 9.47 Å². The quantitative estimate of drug-likeness (QED) is 0.860. The number of carbonyl (C=O) groups excluding carboxylic acids is 1. The van der Waals surface area contributed by atoms with Crippen molar-refractivity contribution in [3.63, 3.8) is 0 Å². The lowest BCUT2D eigenvalue weighted by atomic mass is 10.1. The van der Waals surface area contributed by atoms with Gasteiger partial charge in [-0.3, -0.25) is 0 Å². The number of halogens is 3. The molecule has 1 atom stereocenters. The number of alkyl halides is 3. The van der Waals surface area contributed by atoms with E-state index in [1.54, 1.807) is 19.1 Å². The van der Waals surface area contributed by atoms with Crippen LogP contribution in [0.25, 0.3) is 0 Å². The predicted molar refractivity (Wildman–Crippen MR) is 87.8 cm³/mol. The van der Waals surface area contributed by atoms with Gasteiger partial charge in [0.25, 0.3) is 0 Å². The second-order valence-corrected chi connectivity index (χ2v) is 5.86. The second kappa shape index (κ2) is 7.15. The van der Waals surface area contributed by atoms with Crippen LogP contribution in [0.4, 0.5) is 18.0 Å². The van der Waals surface area contributed by atoms with E-state index in [0.717, 1.165) is 17.7 Å². The molecule has 1 aliphatic heterocycles. The molecule has 0 aliphatic carbocycles. The molecule has 0 saturated heterocycles. The fraction of sp³-hybridized carbons (Fsp3) is 0.278. The number of benzene rings is 2. The van der Waals surface area contributed by atoms with E-state index in [2.05, 4.69) is 10.6 Å². The molecule has 0 fully saturated rings. The lowest BCUT2D eigenvalue weighted by Crippen LogP contribution is -2.36. The van der Waals surface area contributed by atoms with Gasteiger partial charge in [-0.05, 0) is 42.3 Å². The molecule has 5 nitrogen and oxygen atoms in total. The van der Waals surface area contributed by atoms with Crippen LogP contribution in [0.1, 0.15) is 29.7 Å². The third-order valence-electron chi connectivity index (χ3n) is 3.95. The third-order valence-corrected chi connectivity index (χ3v) is 3.95. The van der Waals surface area contributed by atoms with Crippen LogP contribution in [-0.4, -0.2) is 12.8 Å². The van der Waals surface area contributed by atoms with Crippen LogP contribution in [0.3, 0.4) is 0 Å². The molecule has 0 spiro atoms. The first-order valence-corrected chi connectivity index (χ1v) is 7.93. The fourth-order valence-electron chi connectivity index (χ4n) is 2.55. The van der Waals surface area contributed by atoms with Gasteiger partial charge in [-0.25, -0.2) is 4.79 Å². The number of ether oxygens (including phenoxy) is 2. The van der Waals surface area contributed by atoms with Crippen molar-refractivity contribution in [1.82, 2.24) is 10.6 Å². The number of carbonyl (C=O) groups is 1. The Morgan fingerprint density at radius 1 is 1.15 bits per heavy atom. The minimum Gasteiger partial charge on any atom is -0.454 e. The summed E-state index contributed by atoms with van der Waals surface area (Å²) >= 11 is 0. The van der Waals surface area contributed by atoms with Crippen LogP contribution in [0.5, 0.6) is 11.5 Å². The summed E-state index contributed by atoms with van der Waals surface area (Å²) in [6.07, 6.45) is -4.41. The number of hydrogen-bond acceptors (Lipinski definition) is 3. The van der Waals surface area contributed by atoms with Gasteiger partial charge in [0.15, 0.2) is 11.5 Å². The maximum absolute atomic E-state index is 12.7. The van der Waals surface area contributed by atoms with Crippen molar-refractivity contribution < 1.29 is 27.4 Å². The summed E-state index contributed by atoms with van der Waals surface area (Å²) in [5.74, 6) is 1.26. The standard InChI is InChI=1S/C18H17F3N2O3/c1-11(13-5-6-15-16(8-13)26-10-25-15)23-17(24)22-9-12-3-2-4-14(7-12)18(19,20)21/h2-8,11H,9-10H2,1H3,(H2,22,23,24). The highest BCUT2D eigenvalue weighted by atomic mass is 19.4. The maximum atomic E-state index is 12.7. The van der Waals surface area contributed by atoms with Gasteiger partial charge in [-0.1, -0.05) is 18.2 Å². The van der Waals surface area contributed by atoms with Crippen LogP contribution in [-0.2, 0) is 12.7 Å². The van der Waals surface area contributed by atoms with Crippen LogP contribution in [0, 0.1) is 0 Å². The van der Waals surface area contributed by atoms with Gasteiger partial charge in [-0.2, -0.15) is 13.2 Å². The van der Waals surface area contributed by atoms with Crippen LogP contribution < -0.4 is 20.1 Å². The van der Waals surface area contributed by atoms with Crippen molar-refractivity contribution in [2.45, 2.75) is 25.7 Å². The molecule has 2 amide bonds. The Morgan fingerprint density at radius 2 is 1.92 bits per heavy atom. The Kier molecular flexibility index (Phi) is 4.92. The lowest BCUT2D eigenvalue weighted by Gasteiger charge is -2.16. The Balaban J connectivity index is 1.56. The summed E-state index contributed by atoms with van der Waals surface area (Å²) in [6, 6.07) is 9.40. The maximum Gasteiger partial charge on any atom is 0.416 e. The molecule has 0 bridgehead atoms. The van der Waals surface area contributed by atoms with E-state index in [-0.39, 0.29) is 19.4 Å². The normalized spacial score (nSPS) is 14.0. The molecule has 2 N–H and O–H groups in total. The molecule has 0 aromatic heterocycles. The SMILES string of the molecule is CC(NC(=O)NCc1cccc(C(F)(F)F)c1)c1ccc2c(c1)OCO2. The van der Waals surface area contributed by atoms with Crippen LogP contribution in [0.15, 0.2) is 42.5 Å². The van der Waals surface area contributed by atoms with Gasteiger partial charge in [0.1, 0.15) is 0 Å². The van der Waals surface area contributed by atoms with Crippen molar-refractivity contribution in [2.24, 2.45) is 0 Å². The fourth-order valence-corrected chi connectivity index (χ4v) is 2.55. The van der Waals surface area contributed by atoms with Gasteiger partial charge in [-0.15, -0.1) is 0 Å². The summed E-state index contributed by atoms with van der Waals surface area (Å²) in [7, 11) is 0. The molecule has 138 valence electrons. The first-order chi connectivity index (χ1) is 12.3. The van der Waals surface area contributed by atoms with E-state index < -0.39 is 17.8 Å². The number of amides is 2. The number of hydrogen-bond donors (Lipinski definition) is 2. The minimum absolute atomic E-state index is 0.0103.